The molecule has 0 bridgehead atoms. The van der Waals surface area contributed by atoms with Gasteiger partial charge >= 0.3 is 5.97 Å². The number of rotatable bonds is 1. The van der Waals surface area contributed by atoms with Crippen molar-refractivity contribution in [1.29, 1.82) is 0 Å². The zero-order chi connectivity index (χ0) is 9.42. The van der Waals surface area contributed by atoms with Crippen molar-refractivity contribution < 1.29 is 15.4 Å². The summed E-state index contributed by atoms with van der Waals surface area (Å²) in [4.78, 5) is 14.5. The van der Waals surface area contributed by atoms with Crippen LogP contribution in [-0.2, 0) is 0 Å². The molecule has 0 aliphatic carbocycles. The van der Waals surface area contributed by atoms with Gasteiger partial charge in [-0.15, -0.1) is 0 Å². The summed E-state index contributed by atoms with van der Waals surface area (Å²) in [6.45, 7) is 0. The summed E-state index contributed by atoms with van der Waals surface area (Å²) in [6.07, 6.45) is 3.23. The smallest absolute Gasteiger partial charge is 0.356 e. The van der Waals surface area contributed by atoms with Crippen LogP contribution in [0.25, 0.3) is 5.65 Å². The molecule has 74 valence electrons. The molecule has 0 fully saturated rings. The quantitative estimate of drug-likeness (QED) is 0.827. The number of aromatic nitrogens is 2. The number of carbonyl (C=O) groups is 1. The average Bonchev–Trinajstić information content (AvgIpc) is 2.46. The van der Waals surface area contributed by atoms with Crippen LogP contribution in [-0.4, -0.2) is 25.9 Å². The molecule has 0 aliphatic rings. The van der Waals surface area contributed by atoms with E-state index in [0.29, 0.717) is 5.65 Å². The van der Waals surface area contributed by atoms with Crippen molar-refractivity contribution in [2.24, 2.45) is 0 Å². The fourth-order valence-electron chi connectivity index (χ4n) is 1.06. The van der Waals surface area contributed by atoms with Crippen molar-refractivity contribution in [1.82, 2.24) is 9.38 Å². The fraction of sp³-hybridized carbons (Fsp3) is 0. The third-order valence-corrected chi connectivity index (χ3v) is 2.13. The Morgan fingerprint density at radius 2 is 2.29 bits per heavy atom. The lowest BCUT2D eigenvalue weighted by atomic mass is 10.5. The molecule has 0 aromatic carbocycles. The molecule has 2 aromatic heterocycles. The number of hydrogen-bond donors (Lipinski definition) is 1. The third-order valence-electron chi connectivity index (χ3n) is 1.64. The Balaban J connectivity index is 0.000000980. The van der Waals surface area contributed by atoms with Crippen molar-refractivity contribution in [2.75, 3.05) is 0 Å². The largest absolute Gasteiger partial charge is 0.476 e. The topological polar surface area (TPSA) is 86.1 Å². The molecule has 0 spiro atoms. The molecule has 0 amide bonds. The Labute approximate surface area is 87.4 Å². The molecule has 5 nitrogen and oxygen atoms in total. The fourth-order valence-corrected chi connectivity index (χ4v) is 1.38. The summed E-state index contributed by atoms with van der Waals surface area (Å²) in [7, 11) is 0. The van der Waals surface area contributed by atoms with Gasteiger partial charge in [-0.2, -0.15) is 0 Å². The molecule has 0 aliphatic heterocycles. The van der Waals surface area contributed by atoms with Crippen LogP contribution in [0.15, 0.2) is 29.0 Å². The maximum absolute atomic E-state index is 10.6. The lowest BCUT2D eigenvalue weighted by Gasteiger charge is -1.91. The van der Waals surface area contributed by atoms with Gasteiger partial charge in [-0.3, -0.25) is 0 Å². The van der Waals surface area contributed by atoms with Crippen molar-refractivity contribution in [3.63, 3.8) is 0 Å². The number of nitrogens with zero attached hydrogens (tertiary/aromatic N) is 2. The van der Waals surface area contributed by atoms with E-state index < -0.39 is 5.97 Å². The molecule has 0 atom stereocenters. The zero-order valence-electron chi connectivity index (χ0n) is 6.94. The Morgan fingerprint density at radius 3 is 2.93 bits per heavy atom. The highest BCUT2D eigenvalue weighted by Gasteiger charge is 2.07. The van der Waals surface area contributed by atoms with Gasteiger partial charge < -0.3 is 15.0 Å². The van der Waals surface area contributed by atoms with Crippen molar-refractivity contribution in [3.8, 4) is 0 Å². The van der Waals surface area contributed by atoms with E-state index in [0.717, 1.165) is 4.47 Å². The summed E-state index contributed by atoms with van der Waals surface area (Å²) in [5.74, 6) is -1.01. The molecule has 14 heavy (non-hydrogen) atoms. The lowest BCUT2D eigenvalue weighted by molar-refractivity contribution is 0.0691. The molecular formula is C8H7BrN2O3. The van der Waals surface area contributed by atoms with E-state index in [1.54, 1.807) is 16.7 Å². The predicted molar refractivity (Wildman–Crippen MR) is 53.5 cm³/mol. The van der Waals surface area contributed by atoms with Crippen LogP contribution in [0.2, 0.25) is 0 Å². The van der Waals surface area contributed by atoms with Gasteiger partial charge in [0, 0.05) is 16.9 Å². The molecule has 3 N–H and O–H groups in total. The zero-order valence-corrected chi connectivity index (χ0v) is 8.52. The first-order valence-corrected chi connectivity index (χ1v) is 4.33. The van der Waals surface area contributed by atoms with Crippen LogP contribution in [0.4, 0.5) is 0 Å². The van der Waals surface area contributed by atoms with Gasteiger partial charge in [-0.1, -0.05) is 15.9 Å². The summed E-state index contributed by atoms with van der Waals surface area (Å²) >= 11 is 3.28. The molecule has 0 unspecified atom stereocenters. The van der Waals surface area contributed by atoms with Gasteiger partial charge in [-0.25, -0.2) is 9.78 Å². The number of hydrogen-bond acceptors (Lipinski definition) is 2. The maximum atomic E-state index is 10.6. The number of imidazole rings is 1. The monoisotopic (exact) mass is 258 g/mol. The van der Waals surface area contributed by atoms with Crippen LogP contribution in [0.3, 0.4) is 0 Å². The highest BCUT2D eigenvalue weighted by molar-refractivity contribution is 9.10. The highest BCUT2D eigenvalue weighted by Crippen LogP contribution is 2.12. The van der Waals surface area contributed by atoms with Crippen LogP contribution in [0.5, 0.6) is 0 Å². The summed E-state index contributed by atoms with van der Waals surface area (Å²) in [5, 5.41) is 8.67. The maximum Gasteiger partial charge on any atom is 0.356 e. The minimum atomic E-state index is -1.01. The normalized spacial score (nSPS) is 9.79. The minimum absolute atomic E-state index is 0. The molecule has 0 radical (unpaired) electrons. The second-order valence-corrected chi connectivity index (χ2v) is 3.46. The van der Waals surface area contributed by atoms with Crippen LogP contribution in [0, 0.1) is 0 Å². The molecular weight excluding hydrogens is 252 g/mol. The van der Waals surface area contributed by atoms with E-state index in [-0.39, 0.29) is 11.2 Å². The van der Waals surface area contributed by atoms with Gasteiger partial charge in [0.2, 0.25) is 0 Å². The average molecular weight is 259 g/mol. The van der Waals surface area contributed by atoms with Gasteiger partial charge in [0.25, 0.3) is 0 Å². The van der Waals surface area contributed by atoms with E-state index in [9.17, 15) is 4.79 Å². The molecule has 0 saturated heterocycles. The molecule has 2 aromatic rings. The number of halogens is 1. The van der Waals surface area contributed by atoms with Gasteiger partial charge in [0.05, 0.1) is 0 Å². The number of aromatic carboxylic acids is 1. The van der Waals surface area contributed by atoms with E-state index in [2.05, 4.69) is 20.9 Å². The number of carboxylic acid groups (broad SMARTS) is 1. The van der Waals surface area contributed by atoms with Crippen LogP contribution >= 0.6 is 15.9 Å². The first-order chi connectivity index (χ1) is 6.16. The molecule has 6 heteroatoms. The number of pyridine rings is 1. The SMILES string of the molecule is O.O=C(O)c1cn2ccc(Br)cc2n1. The van der Waals surface area contributed by atoms with E-state index in [1.807, 2.05) is 6.07 Å². The highest BCUT2D eigenvalue weighted by atomic mass is 79.9. The second kappa shape index (κ2) is 3.77. The second-order valence-electron chi connectivity index (χ2n) is 2.54. The minimum Gasteiger partial charge on any atom is -0.476 e. The summed E-state index contributed by atoms with van der Waals surface area (Å²) in [5.41, 5.74) is 0.671. The Morgan fingerprint density at radius 1 is 1.57 bits per heavy atom. The standard InChI is InChI=1S/C8H5BrN2O2.H2O/c9-5-1-2-11-4-6(8(12)13)10-7(11)3-5;/h1-4H,(H,12,13);1H2. The number of fused-ring (bicyclic) bond motifs is 1. The van der Waals surface area contributed by atoms with E-state index >= 15 is 0 Å². The van der Waals surface area contributed by atoms with Gasteiger partial charge in [0.1, 0.15) is 5.65 Å². The first kappa shape index (κ1) is 10.7. The summed E-state index contributed by atoms with van der Waals surface area (Å²) < 4.78 is 2.54. The van der Waals surface area contributed by atoms with E-state index in [4.69, 9.17) is 5.11 Å². The molecule has 0 saturated carbocycles. The Bertz CT molecular complexity index is 480. The van der Waals surface area contributed by atoms with Crippen LogP contribution < -0.4 is 0 Å². The predicted octanol–water partition coefficient (Wildman–Crippen LogP) is 0.970. The first-order valence-electron chi connectivity index (χ1n) is 3.54. The van der Waals surface area contributed by atoms with Gasteiger partial charge in [-0.05, 0) is 12.1 Å². The van der Waals surface area contributed by atoms with Crippen molar-refractivity contribution in [3.05, 3.63) is 34.7 Å². The molecule has 2 rings (SSSR count). The summed E-state index contributed by atoms with van der Waals surface area (Å²) in [6, 6.07) is 3.58. The third kappa shape index (κ3) is 1.75. The molecule has 2 heterocycles. The lowest BCUT2D eigenvalue weighted by Crippen LogP contribution is -1.94. The van der Waals surface area contributed by atoms with Crippen molar-refractivity contribution >= 4 is 27.5 Å². The van der Waals surface area contributed by atoms with E-state index in [1.165, 1.54) is 6.20 Å². The Kier molecular flexibility index (Phi) is 2.87. The Hall–Kier alpha value is -1.40. The van der Waals surface area contributed by atoms with Gasteiger partial charge in [0.15, 0.2) is 5.69 Å². The van der Waals surface area contributed by atoms with Crippen molar-refractivity contribution in [2.45, 2.75) is 0 Å². The van der Waals surface area contributed by atoms with Crippen LogP contribution in [0.1, 0.15) is 10.5 Å². The number of carboxylic acids is 1.